The van der Waals surface area contributed by atoms with E-state index in [0.29, 0.717) is 21.8 Å². The highest BCUT2D eigenvalue weighted by molar-refractivity contribution is 9.10. The number of rotatable bonds is 1. The van der Waals surface area contributed by atoms with Crippen LogP contribution in [-0.4, -0.2) is 21.1 Å². The summed E-state index contributed by atoms with van der Waals surface area (Å²) < 4.78 is 2.26. The fourth-order valence-electron chi connectivity index (χ4n) is 2.36. The lowest BCUT2D eigenvalue weighted by Crippen LogP contribution is -2.25. The second-order valence-corrected chi connectivity index (χ2v) is 6.73. The summed E-state index contributed by atoms with van der Waals surface area (Å²) in [6.07, 6.45) is 0. The lowest BCUT2D eigenvalue weighted by atomic mass is 10.1. The number of hydrogen-bond donors (Lipinski definition) is 0. The molecule has 0 atom stereocenters. The number of fused-ring (bicyclic) bond motifs is 2. The number of benzene rings is 2. The zero-order chi connectivity index (χ0) is 15.1. The van der Waals surface area contributed by atoms with Crippen molar-refractivity contribution in [3.05, 3.63) is 68.9 Å². The van der Waals surface area contributed by atoms with E-state index in [2.05, 4.69) is 26.0 Å². The molecule has 1 aromatic heterocycles. The standard InChI is InChI=1S/C16H10BrN3OS/c17-11-6-7-13-12(8-11)15(21)20-16(18-13)22-9-14(19-20)10-4-2-1-3-5-10/h1-8H,9H2. The van der Waals surface area contributed by atoms with Crippen molar-refractivity contribution >= 4 is 44.3 Å². The van der Waals surface area contributed by atoms with Crippen LogP contribution in [0.15, 0.2) is 68.1 Å². The monoisotopic (exact) mass is 371 g/mol. The fourth-order valence-corrected chi connectivity index (χ4v) is 3.62. The average molecular weight is 372 g/mol. The molecule has 0 aliphatic carbocycles. The molecule has 0 spiro atoms. The number of hydrogen-bond acceptors (Lipinski definition) is 4. The Bertz CT molecular complexity index is 966. The van der Waals surface area contributed by atoms with Gasteiger partial charge in [0.1, 0.15) is 0 Å². The van der Waals surface area contributed by atoms with Crippen molar-refractivity contribution in [3.63, 3.8) is 0 Å². The first-order valence-corrected chi connectivity index (χ1v) is 8.48. The molecule has 0 fully saturated rings. The van der Waals surface area contributed by atoms with E-state index in [0.717, 1.165) is 15.7 Å². The van der Waals surface area contributed by atoms with Crippen LogP contribution in [0.4, 0.5) is 0 Å². The third-order valence-corrected chi connectivity index (χ3v) is 4.88. The molecule has 0 amide bonds. The molecule has 4 rings (SSSR count). The van der Waals surface area contributed by atoms with E-state index in [1.165, 1.54) is 16.4 Å². The van der Waals surface area contributed by atoms with Crippen LogP contribution in [0.2, 0.25) is 0 Å². The van der Waals surface area contributed by atoms with Gasteiger partial charge in [0.05, 0.1) is 16.6 Å². The van der Waals surface area contributed by atoms with Crippen LogP contribution in [-0.2, 0) is 0 Å². The van der Waals surface area contributed by atoms with E-state index in [1.54, 1.807) is 6.07 Å². The van der Waals surface area contributed by atoms with Gasteiger partial charge in [-0.2, -0.15) is 9.78 Å². The van der Waals surface area contributed by atoms with E-state index in [1.807, 2.05) is 42.5 Å². The number of nitrogens with zero attached hydrogens (tertiary/aromatic N) is 3. The maximum absolute atomic E-state index is 12.7. The summed E-state index contributed by atoms with van der Waals surface area (Å²) in [5.41, 5.74) is 2.48. The van der Waals surface area contributed by atoms with Crippen LogP contribution in [0.5, 0.6) is 0 Å². The minimum Gasteiger partial charge on any atom is -0.267 e. The molecule has 0 unspecified atom stereocenters. The van der Waals surface area contributed by atoms with Crippen LogP contribution >= 0.6 is 27.7 Å². The Labute approximate surface area is 139 Å². The predicted octanol–water partition coefficient (Wildman–Crippen LogP) is 3.52. The van der Waals surface area contributed by atoms with E-state index >= 15 is 0 Å². The van der Waals surface area contributed by atoms with Gasteiger partial charge in [0.2, 0.25) is 0 Å². The Morgan fingerprint density at radius 3 is 2.77 bits per heavy atom. The van der Waals surface area contributed by atoms with Gasteiger partial charge in [-0.1, -0.05) is 58.0 Å². The molecule has 0 bridgehead atoms. The van der Waals surface area contributed by atoms with Crippen LogP contribution < -0.4 is 5.56 Å². The maximum Gasteiger partial charge on any atom is 0.282 e. The van der Waals surface area contributed by atoms with Crippen molar-refractivity contribution in [2.45, 2.75) is 5.16 Å². The van der Waals surface area contributed by atoms with Crippen molar-refractivity contribution < 1.29 is 0 Å². The molecule has 0 N–H and O–H groups in total. The minimum atomic E-state index is -0.137. The van der Waals surface area contributed by atoms with Crippen molar-refractivity contribution in [1.82, 2.24) is 9.66 Å². The Kier molecular flexibility index (Phi) is 3.35. The molecule has 0 radical (unpaired) electrons. The third-order valence-electron chi connectivity index (χ3n) is 3.44. The summed E-state index contributed by atoms with van der Waals surface area (Å²) in [5.74, 6) is 0.707. The van der Waals surface area contributed by atoms with Crippen LogP contribution in [0.3, 0.4) is 0 Å². The zero-order valence-corrected chi connectivity index (χ0v) is 13.8. The molecule has 1 aliphatic rings. The van der Waals surface area contributed by atoms with Crippen molar-refractivity contribution in [1.29, 1.82) is 0 Å². The van der Waals surface area contributed by atoms with Gasteiger partial charge < -0.3 is 0 Å². The minimum absolute atomic E-state index is 0.137. The quantitative estimate of drug-likeness (QED) is 0.614. The topological polar surface area (TPSA) is 47.2 Å². The molecule has 6 heteroatoms. The molecule has 3 aromatic rings. The molecule has 2 aromatic carbocycles. The van der Waals surface area contributed by atoms with E-state index in [9.17, 15) is 4.79 Å². The zero-order valence-electron chi connectivity index (χ0n) is 11.4. The number of aromatic nitrogens is 2. The number of halogens is 1. The molecule has 2 heterocycles. The lowest BCUT2D eigenvalue weighted by molar-refractivity contribution is 0.698. The first-order valence-electron chi connectivity index (χ1n) is 6.71. The van der Waals surface area contributed by atoms with Crippen molar-refractivity contribution in [3.8, 4) is 0 Å². The van der Waals surface area contributed by atoms with Gasteiger partial charge >= 0.3 is 0 Å². The summed E-state index contributed by atoms with van der Waals surface area (Å²) in [6, 6.07) is 15.4. The lowest BCUT2D eigenvalue weighted by Gasteiger charge is -2.16. The second-order valence-electron chi connectivity index (χ2n) is 4.87. The van der Waals surface area contributed by atoms with Gasteiger partial charge in [-0.05, 0) is 23.8 Å². The average Bonchev–Trinajstić information content (AvgIpc) is 2.56. The largest absolute Gasteiger partial charge is 0.282 e. The van der Waals surface area contributed by atoms with Crippen molar-refractivity contribution in [2.24, 2.45) is 5.10 Å². The first kappa shape index (κ1) is 13.7. The Hall–Kier alpha value is -1.92. The SMILES string of the molecule is O=c1c2cc(Br)ccc2nc2n1N=C(c1ccccc1)CS2. The van der Waals surface area contributed by atoms with Gasteiger partial charge in [-0.15, -0.1) is 0 Å². The van der Waals surface area contributed by atoms with Gasteiger partial charge in [-0.25, -0.2) is 4.98 Å². The van der Waals surface area contributed by atoms with Gasteiger partial charge in [0.15, 0.2) is 5.16 Å². The van der Waals surface area contributed by atoms with Gasteiger partial charge in [0, 0.05) is 10.2 Å². The van der Waals surface area contributed by atoms with Crippen LogP contribution in [0, 0.1) is 0 Å². The Morgan fingerprint density at radius 2 is 1.95 bits per heavy atom. The van der Waals surface area contributed by atoms with Crippen LogP contribution in [0.1, 0.15) is 5.56 Å². The summed E-state index contributed by atoms with van der Waals surface area (Å²) in [4.78, 5) is 17.2. The maximum atomic E-state index is 12.7. The predicted molar refractivity (Wildman–Crippen MR) is 92.8 cm³/mol. The fraction of sp³-hybridized carbons (Fsp3) is 0.0625. The highest BCUT2D eigenvalue weighted by Gasteiger charge is 2.18. The van der Waals surface area contributed by atoms with Crippen LogP contribution in [0.25, 0.3) is 10.9 Å². The summed E-state index contributed by atoms with van der Waals surface area (Å²) in [6.45, 7) is 0. The van der Waals surface area contributed by atoms with E-state index < -0.39 is 0 Å². The molecular formula is C16H10BrN3OS. The summed E-state index contributed by atoms with van der Waals surface area (Å²) in [7, 11) is 0. The normalized spacial score (nSPS) is 13.8. The molecular weight excluding hydrogens is 362 g/mol. The number of thioether (sulfide) groups is 1. The highest BCUT2D eigenvalue weighted by atomic mass is 79.9. The third kappa shape index (κ3) is 2.28. The van der Waals surface area contributed by atoms with E-state index in [-0.39, 0.29) is 5.56 Å². The highest BCUT2D eigenvalue weighted by Crippen LogP contribution is 2.24. The Balaban J connectivity index is 1.95. The van der Waals surface area contributed by atoms with Crippen molar-refractivity contribution in [2.75, 3.05) is 5.75 Å². The molecule has 108 valence electrons. The van der Waals surface area contributed by atoms with E-state index in [4.69, 9.17) is 0 Å². The second kappa shape index (κ2) is 5.37. The Morgan fingerprint density at radius 1 is 1.14 bits per heavy atom. The molecule has 22 heavy (non-hydrogen) atoms. The molecule has 0 saturated carbocycles. The van der Waals surface area contributed by atoms with Gasteiger partial charge in [0.25, 0.3) is 5.56 Å². The summed E-state index contributed by atoms with van der Waals surface area (Å²) in [5, 5.41) is 5.72. The summed E-state index contributed by atoms with van der Waals surface area (Å²) >= 11 is 4.93. The first-order chi connectivity index (χ1) is 10.7. The molecule has 1 aliphatic heterocycles. The van der Waals surface area contributed by atoms with Gasteiger partial charge in [-0.3, -0.25) is 4.79 Å². The molecule has 0 saturated heterocycles. The molecule has 4 nitrogen and oxygen atoms in total. The smallest absolute Gasteiger partial charge is 0.267 e.